The van der Waals surface area contributed by atoms with Gasteiger partial charge in [0.1, 0.15) is 0 Å². The van der Waals surface area contributed by atoms with Crippen molar-refractivity contribution in [2.45, 2.75) is 39.7 Å². The molecule has 0 bridgehead atoms. The van der Waals surface area contributed by atoms with Crippen LogP contribution in [-0.4, -0.2) is 28.0 Å². The number of hydrogen-bond donors (Lipinski definition) is 0. The minimum atomic E-state index is 0.0244. The van der Waals surface area contributed by atoms with Gasteiger partial charge in [0.15, 0.2) is 5.82 Å². The maximum Gasteiger partial charge on any atom is 0.293 e. The van der Waals surface area contributed by atoms with E-state index in [-0.39, 0.29) is 5.56 Å². The average Bonchev–Trinajstić information content (AvgIpc) is 2.38. The Kier molecular flexibility index (Phi) is 7.01. The van der Waals surface area contributed by atoms with Gasteiger partial charge in [-0.15, -0.1) is 0 Å². The van der Waals surface area contributed by atoms with E-state index in [0.717, 1.165) is 44.2 Å². The van der Waals surface area contributed by atoms with E-state index in [0.29, 0.717) is 5.82 Å². The second-order valence-electron chi connectivity index (χ2n) is 4.28. The molecule has 102 valence electrons. The summed E-state index contributed by atoms with van der Waals surface area (Å²) in [5.41, 5.74) is 0.0244. The van der Waals surface area contributed by atoms with Crippen LogP contribution in [0.1, 0.15) is 33.1 Å². The van der Waals surface area contributed by atoms with Crippen molar-refractivity contribution in [3.63, 3.8) is 0 Å². The van der Waals surface area contributed by atoms with Gasteiger partial charge in [-0.25, -0.2) is 4.98 Å². The molecule has 0 unspecified atom stereocenters. The van der Waals surface area contributed by atoms with Gasteiger partial charge in [-0.2, -0.15) is 0 Å². The van der Waals surface area contributed by atoms with Crippen molar-refractivity contribution >= 4 is 21.7 Å². The Hall–Kier alpha value is -0.840. The molecule has 1 aromatic heterocycles. The van der Waals surface area contributed by atoms with Crippen LogP contribution in [0.3, 0.4) is 0 Å². The molecule has 1 rings (SSSR count). The van der Waals surface area contributed by atoms with Crippen molar-refractivity contribution in [2.24, 2.45) is 0 Å². The summed E-state index contributed by atoms with van der Waals surface area (Å²) in [5.74, 6) is 0.582. The molecule has 1 aromatic rings. The number of hydrogen-bond acceptors (Lipinski definition) is 3. The molecule has 5 heteroatoms. The van der Waals surface area contributed by atoms with E-state index in [1.807, 2.05) is 0 Å². The minimum Gasteiger partial charge on any atom is -0.351 e. The van der Waals surface area contributed by atoms with Gasteiger partial charge in [0.05, 0.1) is 0 Å². The summed E-state index contributed by atoms with van der Waals surface area (Å²) in [6.45, 7) is 6.68. The fourth-order valence-electron chi connectivity index (χ4n) is 1.84. The average molecular weight is 316 g/mol. The lowest BCUT2D eigenvalue weighted by Crippen LogP contribution is -2.35. The Bertz CT molecular complexity index is 405. The highest BCUT2D eigenvalue weighted by atomic mass is 79.9. The zero-order valence-electron chi connectivity index (χ0n) is 11.2. The molecular formula is C13H22BrN3O. The van der Waals surface area contributed by atoms with Crippen molar-refractivity contribution in [1.29, 1.82) is 0 Å². The SMILES string of the molecule is CCCCN(CCBr)c1nccn(CCC)c1=O. The highest BCUT2D eigenvalue weighted by Gasteiger charge is 2.12. The first kappa shape index (κ1) is 15.2. The fraction of sp³-hybridized carbons (Fsp3) is 0.692. The molecule has 4 nitrogen and oxygen atoms in total. The molecule has 0 aliphatic rings. The number of unbranched alkanes of at least 4 members (excludes halogenated alkanes) is 1. The van der Waals surface area contributed by atoms with Crippen LogP contribution in [-0.2, 0) is 6.54 Å². The lowest BCUT2D eigenvalue weighted by molar-refractivity contribution is 0.638. The highest BCUT2D eigenvalue weighted by molar-refractivity contribution is 9.09. The second-order valence-corrected chi connectivity index (χ2v) is 5.07. The number of aromatic nitrogens is 2. The molecule has 0 saturated carbocycles. The number of halogens is 1. The van der Waals surface area contributed by atoms with Crippen LogP contribution < -0.4 is 10.5 Å². The van der Waals surface area contributed by atoms with Crippen molar-refractivity contribution in [3.05, 3.63) is 22.7 Å². The molecule has 0 aliphatic carbocycles. The molecule has 0 spiro atoms. The van der Waals surface area contributed by atoms with E-state index in [4.69, 9.17) is 0 Å². The Morgan fingerprint density at radius 1 is 1.33 bits per heavy atom. The summed E-state index contributed by atoms with van der Waals surface area (Å²) in [6.07, 6.45) is 6.64. The van der Waals surface area contributed by atoms with E-state index in [2.05, 4.69) is 39.7 Å². The Balaban J connectivity index is 2.96. The van der Waals surface area contributed by atoms with Gasteiger partial charge in [0, 0.05) is 37.4 Å². The molecule has 18 heavy (non-hydrogen) atoms. The predicted molar refractivity (Wildman–Crippen MR) is 79.7 cm³/mol. The predicted octanol–water partition coefficient (Wildman–Crippen LogP) is 2.65. The number of rotatable bonds is 8. The third-order valence-corrected chi connectivity index (χ3v) is 3.15. The smallest absolute Gasteiger partial charge is 0.293 e. The lowest BCUT2D eigenvalue weighted by Gasteiger charge is -2.22. The molecule has 0 fully saturated rings. The van der Waals surface area contributed by atoms with Crippen LogP contribution in [0.25, 0.3) is 0 Å². The van der Waals surface area contributed by atoms with Gasteiger partial charge in [-0.3, -0.25) is 4.79 Å². The second kappa shape index (κ2) is 8.29. The van der Waals surface area contributed by atoms with Crippen molar-refractivity contribution in [1.82, 2.24) is 9.55 Å². The molecular weight excluding hydrogens is 294 g/mol. The standard InChI is InChI=1S/C13H22BrN3O/c1-3-5-9-16(10-6-14)12-13(18)17(8-4-2)11-7-15-12/h7,11H,3-6,8-10H2,1-2H3. The van der Waals surface area contributed by atoms with E-state index >= 15 is 0 Å². The first-order valence-electron chi connectivity index (χ1n) is 6.60. The monoisotopic (exact) mass is 315 g/mol. The van der Waals surface area contributed by atoms with Gasteiger partial charge < -0.3 is 9.47 Å². The van der Waals surface area contributed by atoms with Crippen molar-refractivity contribution in [3.8, 4) is 0 Å². The van der Waals surface area contributed by atoms with Crippen molar-refractivity contribution in [2.75, 3.05) is 23.3 Å². The maximum atomic E-state index is 12.3. The number of nitrogens with zero attached hydrogens (tertiary/aromatic N) is 3. The molecule has 0 amide bonds. The first-order chi connectivity index (χ1) is 8.74. The molecule has 0 atom stereocenters. The largest absolute Gasteiger partial charge is 0.351 e. The van der Waals surface area contributed by atoms with Gasteiger partial charge in [-0.1, -0.05) is 36.2 Å². The van der Waals surface area contributed by atoms with Crippen LogP contribution in [0, 0.1) is 0 Å². The summed E-state index contributed by atoms with van der Waals surface area (Å²) in [4.78, 5) is 18.6. The van der Waals surface area contributed by atoms with Crippen LogP contribution in [0.15, 0.2) is 17.2 Å². The van der Waals surface area contributed by atoms with E-state index in [1.54, 1.807) is 17.0 Å². The molecule has 0 saturated heterocycles. The topological polar surface area (TPSA) is 38.1 Å². The van der Waals surface area contributed by atoms with E-state index < -0.39 is 0 Å². The summed E-state index contributed by atoms with van der Waals surface area (Å²) < 4.78 is 1.75. The van der Waals surface area contributed by atoms with Gasteiger partial charge >= 0.3 is 0 Å². The quantitative estimate of drug-likeness (QED) is 0.692. The van der Waals surface area contributed by atoms with Crippen molar-refractivity contribution < 1.29 is 0 Å². The fourth-order valence-corrected chi connectivity index (χ4v) is 2.27. The maximum absolute atomic E-state index is 12.3. The van der Waals surface area contributed by atoms with E-state index in [9.17, 15) is 4.79 Å². The van der Waals surface area contributed by atoms with Crippen LogP contribution in [0.4, 0.5) is 5.82 Å². The number of alkyl halides is 1. The first-order valence-corrected chi connectivity index (χ1v) is 7.73. The summed E-state index contributed by atoms with van der Waals surface area (Å²) in [7, 11) is 0. The highest BCUT2D eigenvalue weighted by Crippen LogP contribution is 2.06. The number of anilines is 1. The molecule has 1 heterocycles. The van der Waals surface area contributed by atoms with E-state index in [1.165, 1.54) is 0 Å². The van der Waals surface area contributed by atoms with Gasteiger partial charge in [-0.05, 0) is 12.8 Å². The summed E-state index contributed by atoms with van der Waals surface area (Å²) in [6, 6.07) is 0. The Labute approximate surface area is 117 Å². The molecule has 0 N–H and O–H groups in total. The van der Waals surface area contributed by atoms with Gasteiger partial charge in [0.25, 0.3) is 5.56 Å². The zero-order chi connectivity index (χ0) is 13.4. The van der Waals surface area contributed by atoms with Gasteiger partial charge in [0.2, 0.25) is 0 Å². The lowest BCUT2D eigenvalue weighted by atomic mass is 10.3. The third-order valence-electron chi connectivity index (χ3n) is 2.80. The van der Waals surface area contributed by atoms with Crippen LogP contribution in [0.5, 0.6) is 0 Å². The van der Waals surface area contributed by atoms with Crippen LogP contribution >= 0.6 is 15.9 Å². The minimum absolute atomic E-state index is 0.0244. The third kappa shape index (κ3) is 4.12. The number of aryl methyl sites for hydroxylation is 1. The normalized spacial score (nSPS) is 10.6. The van der Waals surface area contributed by atoms with Crippen LogP contribution in [0.2, 0.25) is 0 Å². The molecule has 0 radical (unpaired) electrons. The molecule has 0 aliphatic heterocycles. The zero-order valence-corrected chi connectivity index (χ0v) is 12.8. The summed E-state index contributed by atoms with van der Waals surface area (Å²) in [5, 5.41) is 0.848. The summed E-state index contributed by atoms with van der Waals surface area (Å²) >= 11 is 3.43. The Morgan fingerprint density at radius 3 is 2.72 bits per heavy atom. The Morgan fingerprint density at radius 2 is 2.11 bits per heavy atom. The molecule has 0 aromatic carbocycles.